The van der Waals surface area contributed by atoms with Gasteiger partial charge in [0.25, 0.3) is 0 Å². The first-order chi connectivity index (χ1) is 17.0. The third-order valence-corrected chi connectivity index (χ3v) is 6.45. The van der Waals surface area contributed by atoms with Gasteiger partial charge in [-0.3, -0.25) is 9.36 Å². The maximum absolute atomic E-state index is 12.3. The minimum Gasteiger partial charge on any atom is -0.396 e. The van der Waals surface area contributed by atoms with Gasteiger partial charge in [0.15, 0.2) is 6.23 Å². The zero-order chi connectivity index (χ0) is 25.5. The molecule has 2 heterocycles. The lowest BCUT2D eigenvalue weighted by atomic mass is 10.0. The molecule has 200 valence electrons. The Morgan fingerprint density at radius 1 is 0.886 bits per heavy atom. The molecule has 10 heteroatoms. The molecule has 0 radical (unpaired) electrons. The molecular weight excluding hydrogens is 454 g/mol. The topological polar surface area (TPSA) is 154 Å². The fraction of sp³-hybridized carbons (Fsp3) is 0.800. The molecule has 1 aromatic heterocycles. The van der Waals surface area contributed by atoms with Crippen molar-refractivity contribution >= 4 is 11.7 Å². The number of amides is 1. The lowest BCUT2D eigenvalue weighted by Crippen LogP contribution is -2.36. The number of hydrogen-bond acceptors (Lipinski definition) is 8. The molecular formula is C25H43N3O7. The van der Waals surface area contributed by atoms with Gasteiger partial charge in [0, 0.05) is 19.2 Å². The van der Waals surface area contributed by atoms with E-state index in [2.05, 4.69) is 10.3 Å². The number of aliphatic hydroxyl groups is 4. The number of unbranched alkanes of at least 4 members (excludes halogenated alkanes) is 12. The average Bonchev–Trinajstić information content (AvgIpc) is 3.13. The first-order valence-electron chi connectivity index (χ1n) is 13.1. The van der Waals surface area contributed by atoms with Crippen LogP contribution in [-0.2, 0) is 9.53 Å². The van der Waals surface area contributed by atoms with Crippen molar-refractivity contribution in [2.45, 2.75) is 114 Å². The maximum Gasteiger partial charge on any atom is 0.351 e. The van der Waals surface area contributed by atoms with Crippen LogP contribution >= 0.6 is 0 Å². The number of nitrogens with one attached hydrogen (secondary N) is 1. The molecule has 0 bridgehead atoms. The second kappa shape index (κ2) is 16.8. The van der Waals surface area contributed by atoms with E-state index in [1.807, 2.05) is 0 Å². The predicted molar refractivity (Wildman–Crippen MR) is 132 cm³/mol. The number of aliphatic hydroxyl groups excluding tert-OH is 4. The van der Waals surface area contributed by atoms with Crippen molar-refractivity contribution in [1.29, 1.82) is 0 Å². The second-order valence-corrected chi connectivity index (χ2v) is 9.35. The SMILES string of the molecule is O=C(CCCCCCCCCCCCCCCO)Nc1ccn([C@@H]2O[C@H](CO)[C@@H](O)[C@@H]2O)c(=O)n1. The van der Waals surface area contributed by atoms with Crippen LogP contribution in [0.25, 0.3) is 0 Å². The minimum atomic E-state index is -1.38. The standard InChI is InChI=1S/C25H43N3O7/c29-17-13-11-9-7-5-3-1-2-4-6-8-10-12-14-21(31)26-20-15-16-28(25(34)27-20)24-23(33)22(32)19(18-30)35-24/h15-16,19,22-24,29-30,32-33H,1-14,17-18H2,(H,26,27,31,34)/t19-,22-,23+,24-/m1/s1. The molecule has 1 saturated heterocycles. The fourth-order valence-electron chi connectivity index (χ4n) is 4.33. The number of nitrogens with zero attached hydrogens (tertiary/aromatic N) is 2. The maximum atomic E-state index is 12.3. The number of carbonyl (C=O) groups excluding carboxylic acids is 1. The molecule has 0 saturated carbocycles. The molecule has 4 atom stereocenters. The van der Waals surface area contributed by atoms with Crippen molar-refractivity contribution in [2.75, 3.05) is 18.5 Å². The highest BCUT2D eigenvalue weighted by molar-refractivity contribution is 5.89. The van der Waals surface area contributed by atoms with Crippen LogP contribution in [0.5, 0.6) is 0 Å². The Balaban J connectivity index is 1.55. The van der Waals surface area contributed by atoms with Gasteiger partial charge >= 0.3 is 5.69 Å². The Labute approximate surface area is 207 Å². The summed E-state index contributed by atoms with van der Waals surface area (Å²) in [5, 5.41) is 40.4. The lowest BCUT2D eigenvalue weighted by molar-refractivity contribution is -0.116. The van der Waals surface area contributed by atoms with Crippen molar-refractivity contribution in [2.24, 2.45) is 0 Å². The summed E-state index contributed by atoms with van der Waals surface area (Å²) in [7, 11) is 0. The molecule has 1 aliphatic rings. The first-order valence-corrected chi connectivity index (χ1v) is 13.1. The summed E-state index contributed by atoms with van der Waals surface area (Å²) >= 11 is 0. The summed E-state index contributed by atoms with van der Waals surface area (Å²) in [6.45, 7) is -0.181. The van der Waals surface area contributed by atoms with Gasteiger partial charge in [-0.05, 0) is 18.9 Å². The van der Waals surface area contributed by atoms with Crippen LogP contribution in [-0.4, -0.2) is 67.4 Å². The van der Waals surface area contributed by atoms with Crippen LogP contribution in [0.2, 0.25) is 0 Å². The van der Waals surface area contributed by atoms with Crippen LogP contribution < -0.4 is 11.0 Å². The average molecular weight is 498 g/mol. The van der Waals surface area contributed by atoms with E-state index in [-0.39, 0.29) is 11.7 Å². The summed E-state index contributed by atoms with van der Waals surface area (Å²) < 4.78 is 6.36. The van der Waals surface area contributed by atoms with Crippen LogP contribution in [0.15, 0.2) is 17.1 Å². The minimum absolute atomic E-state index is 0.122. The molecule has 5 N–H and O–H groups in total. The van der Waals surface area contributed by atoms with E-state index in [9.17, 15) is 24.9 Å². The Hall–Kier alpha value is -1.85. The Kier molecular flexibility index (Phi) is 14.1. The fourth-order valence-corrected chi connectivity index (χ4v) is 4.33. The summed E-state index contributed by atoms with van der Waals surface area (Å²) in [6, 6.07) is 1.43. The van der Waals surface area contributed by atoms with Crippen LogP contribution in [0.1, 0.15) is 96.1 Å². The molecule has 10 nitrogen and oxygen atoms in total. The number of hydrogen-bond donors (Lipinski definition) is 5. The van der Waals surface area contributed by atoms with Gasteiger partial charge in [-0.15, -0.1) is 0 Å². The third kappa shape index (κ3) is 10.3. The highest BCUT2D eigenvalue weighted by Crippen LogP contribution is 2.28. The van der Waals surface area contributed by atoms with Gasteiger partial charge in [-0.1, -0.05) is 70.6 Å². The number of rotatable bonds is 18. The smallest absolute Gasteiger partial charge is 0.351 e. The molecule has 35 heavy (non-hydrogen) atoms. The van der Waals surface area contributed by atoms with Gasteiger partial charge in [0.2, 0.25) is 5.91 Å². The second-order valence-electron chi connectivity index (χ2n) is 9.35. The van der Waals surface area contributed by atoms with E-state index in [0.717, 1.165) is 36.7 Å². The van der Waals surface area contributed by atoms with Gasteiger partial charge in [0.1, 0.15) is 24.1 Å². The predicted octanol–water partition coefficient (Wildman–Crippen LogP) is 2.25. The Morgan fingerprint density at radius 2 is 1.43 bits per heavy atom. The molecule has 0 unspecified atom stereocenters. The summed E-state index contributed by atoms with van der Waals surface area (Å²) in [5.74, 6) is -0.0852. The zero-order valence-electron chi connectivity index (χ0n) is 20.7. The van der Waals surface area contributed by atoms with Crippen molar-refractivity contribution in [3.05, 3.63) is 22.7 Å². The monoisotopic (exact) mass is 497 g/mol. The molecule has 0 spiro atoms. The molecule has 0 aliphatic carbocycles. The first kappa shape index (κ1) is 29.4. The van der Waals surface area contributed by atoms with Gasteiger partial charge < -0.3 is 30.5 Å². The lowest BCUT2D eigenvalue weighted by Gasteiger charge is -2.17. The van der Waals surface area contributed by atoms with Crippen molar-refractivity contribution < 1.29 is 30.0 Å². The molecule has 1 fully saturated rings. The Bertz CT molecular complexity index is 789. The molecule has 1 amide bonds. The number of anilines is 1. The third-order valence-electron chi connectivity index (χ3n) is 6.45. The molecule has 1 aromatic rings. The van der Waals surface area contributed by atoms with E-state index < -0.39 is 36.8 Å². The van der Waals surface area contributed by atoms with Crippen LogP contribution in [0, 0.1) is 0 Å². The van der Waals surface area contributed by atoms with E-state index in [4.69, 9.17) is 9.84 Å². The van der Waals surface area contributed by atoms with Crippen molar-refractivity contribution in [3.8, 4) is 0 Å². The van der Waals surface area contributed by atoms with E-state index in [1.54, 1.807) is 0 Å². The van der Waals surface area contributed by atoms with Crippen LogP contribution in [0.3, 0.4) is 0 Å². The van der Waals surface area contributed by atoms with E-state index in [0.29, 0.717) is 13.0 Å². The van der Waals surface area contributed by atoms with Gasteiger partial charge in [-0.2, -0.15) is 4.98 Å². The number of carbonyl (C=O) groups is 1. The van der Waals surface area contributed by atoms with E-state index in [1.165, 1.54) is 63.6 Å². The quantitative estimate of drug-likeness (QED) is 0.194. The Morgan fingerprint density at radius 3 is 1.91 bits per heavy atom. The highest BCUT2D eigenvalue weighted by Gasteiger charge is 2.43. The zero-order valence-corrected chi connectivity index (χ0v) is 20.7. The number of aromatic nitrogens is 2. The molecule has 1 aliphatic heterocycles. The largest absolute Gasteiger partial charge is 0.396 e. The van der Waals surface area contributed by atoms with E-state index >= 15 is 0 Å². The number of ether oxygens (including phenoxy) is 1. The molecule has 2 rings (SSSR count). The van der Waals surface area contributed by atoms with Crippen LogP contribution in [0.4, 0.5) is 5.82 Å². The van der Waals surface area contributed by atoms with Crippen molar-refractivity contribution in [3.63, 3.8) is 0 Å². The normalized spacial score (nSPS) is 21.9. The van der Waals surface area contributed by atoms with Gasteiger partial charge in [0.05, 0.1) is 6.61 Å². The summed E-state index contributed by atoms with van der Waals surface area (Å²) in [4.78, 5) is 28.3. The summed E-state index contributed by atoms with van der Waals surface area (Å²) in [6.07, 6.45) is 11.8. The van der Waals surface area contributed by atoms with Crippen molar-refractivity contribution in [1.82, 2.24) is 9.55 Å². The van der Waals surface area contributed by atoms with Gasteiger partial charge in [-0.25, -0.2) is 4.79 Å². The summed E-state index contributed by atoms with van der Waals surface area (Å²) in [5.41, 5.74) is -0.737. The molecule has 0 aromatic carbocycles. The highest BCUT2D eigenvalue weighted by atomic mass is 16.6.